The van der Waals surface area contributed by atoms with Crippen molar-refractivity contribution in [3.63, 3.8) is 0 Å². The Bertz CT molecular complexity index is 843. The van der Waals surface area contributed by atoms with Gasteiger partial charge >= 0.3 is 0 Å². The van der Waals surface area contributed by atoms with Gasteiger partial charge in [0.15, 0.2) is 16.1 Å². The number of carbonyl (C=O) groups excluding carboxylic acids is 1. The number of thiazole rings is 1. The number of nitrogens with one attached hydrogen (secondary N) is 1. The van der Waals surface area contributed by atoms with Gasteiger partial charge in [-0.15, -0.1) is 21.5 Å². The quantitative estimate of drug-likeness (QED) is 0.707. The van der Waals surface area contributed by atoms with E-state index in [0.717, 1.165) is 17.1 Å². The molecule has 1 N–H and O–H groups in total. The molecule has 0 bridgehead atoms. The third-order valence-corrected chi connectivity index (χ3v) is 5.38. The lowest BCUT2D eigenvalue weighted by Gasteiger charge is -2.10. The third-order valence-electron chi connectivity index (χ3n) is 3.37. The summed E-state index contributed by atoms with van der Waals surface area (Å²) in [6, 6.07) is 9.85. The average Bonchev–Trinajstić information content (AvgIpc) is 3.14. The largest absolute Gasteiger partial charge is 0.305 e. The van der Waals surface area contributed by atoms with Crippen LogP contribution in [-0.4, -0.2) is 30.9 Å². The number of amides is 1. The Labute approximate surface area is 148 Å². The zero-order valence-corrected chi connectivity index (χ0v) is 15.2. The lowest BCUT2D eigenvalue weighted by Crippen LogP contribution is -2.22. The molecular weight excluding hydrogens is 342 g/mol. The lowest BCUT2D eigenvalue weighted by atomic mass is 10.2. The second-order valence-electron chi connectivity index (χ2n) is 5.27. The highest BCUT2D eigenvalue weighted by molar-refractivity contribution is 8.00. The van der Waals surface area contributed by atoms with Gasteiger partial charge in [-0.25, -0.2) is 4.98 Å². The SMILES string of the molecule is Cc1csc(NC(=O)[C@@H](C)Sc2nnc(-c3ccccc3)n2C)n1. The third kappa shape index (κ3) is 3.65. The van der Waals surface area contributed by atoms with Crippen molar-refractivity contribution in [1.29, 1.82) is 0 Å². The molecule has 0 saturated heterocycles. The Hall–Kier alpha value is -2.19. The molecule has 2 heterocycles. The van der Waals surface area contributed by atoms with Crippen LogP contribution >= 0.6 is 23.1 Å². The highest BCUT2D eigenvalue weighted by Crippen LogP contribution is 2.26. The van der Waals surface area contributed by atoms with Crippen LogP contribution < -0.4 is 5.32 Å². The standard InChI is InChI=1S/C16H17N5OS2/c1-10-9-23-15(17-10)18-14(22)11(2)24-16-20-19-13(21(16)3)12-7-5-4-6-8-12/h4-9,11H,1-3H3,(H,17,18,22)/t11-/m1/s1. The maximum Gasteiger partial charge on any atom is 0.239 e. The molecule has 24 heavy (non-hydrogen) atoms. The van der Waals surface area contributed by atoms with Gasteiger partial charge in [0.25, 0.3) is 0 Å². The lowest BCUT2D eigenvalue weighted by molar-refractivity contribution is -0.115. The van der Waals surface area contributed by atoms with Crippen LogP contribution in [0.15, 0.2) is 40.9 Å². The number of rotatable bonds is 5. The Morgan fingerprint density at radius 1 is 1.29 bits per heavy atom. The van der Waals surface area contributed by atoms with Crippen LogP contribution in [0.2, 0.25) is 0 Å². The van der Waals surface area contributed by atoms with Gasteiger partial charge in [0.2, 0.25) is 5.91 Å². The highest BCUT2D eigenvalue weighted by Gasteiger charge is 2.20. The predicted octanol–water partition coefficient (Wildman–Crippen LogP) is 3.37. The van der Waals surface area contributed by atoms with Gasteiger partial charge in [-0.2, -0.15) is 0 Å². The van der Waals surface area contributed by atoms with Crippen molar-refractivity contribution in [2.45, 2.75) is 24.3 Å². The van der Waals surface area contributed by atoms with Gasteiger partial charge in [0, 0.05) is 18.0 Å². The molecule has 6 nitrogen and oxygen atoms in total. The molecule has 0 radical (unpaired) electrons. The minimum absolute atomic E-state index is 0.0985. The van der Waals surface area contributed by atoms with E-state index in [0.29, 0.717) is 10.3 Å². The predicted molar refractivity (Wildman–Crippen MR) is 97.2 cm³/mol. The molecule has 2 aromatic heterocycles. The van der Waals surface area contributed by atoms with E-state index in [2.05, 4.69) is 20.5 Å². The summed E-state index contributed by atoms with van der Waals surface area (Å²) in [5.41, 5.74) is 1.89. The Balaban J connectivity index is 1.69. The molecule has 3 rings (SSSR count). The van der Waals surface area contributed by atoms with Crippen LogP contribution in [0.3, 0.4) is 0 Å². The fourth-order valence-electron chi connectivity index (χ4n) is 2.09. The van der Waals surface area contributed by atoms with E-state index < -0.39 is 0 Å². The minimum atomic E-state index is -0.305. The number of nitrogens with zero attached hydrogens (tertiary/aromatic N) is 4. The molecule has 0 fully saturated rings. The summed E-state index contributed by atoms with van der Waals surface area (Å²) in [6.45, 7) is 3.74. The van der Waals surface area contributed by atoms with Gasteiger partial charge in [0.1, 0.15) is 0 Å². The second-order valence-corrected chi connectivity index (χ2v) is 7.44. The van der Waals surface area contributed by atoms with Crippen molar-refractivity contribution in [3.05, 3.63) is 41.4 Å². The molecule has 0 aliphatic carbocycles. The van der Waals surface area contributed by atoms with E-state index in [-0.39, 0.29) is 11.2 Å². The smallest absolute Gasteiger partial charge is 0.239 e. The second kappa shape index (κ2) is 7.14. The minimum Gasteiger partial charge on any atom is -0.305 e. The zero-order chi connectivity index (χ0) is 17.1. The maximum absolute atomic E-state index is 12.3. The normalized spacial score (nSPS) is 12.1. The highest BCUT2D eigenvalue weighted by atomic mass is 32.2. The summed E-state index contributed by atoms with van der Waals surface area (Å²) < 4.78 is 1.90. The number of hydrogen-bond acceptors (Lipinski definition) is 6. The molecule has 1 aromatic carbocycles. The van der Waals surface area contributed by atoms with Crippen molar-refractivity contribution < 1.29 is 4.79 Å². The monoisotopic (exact) mass is 359 g/mol. The van der Waals surface area contributed by atoms with Crippen molar-refractivity contribution >= 4 is 34.1 Å². The van der Waals surface area contributed by atoms with Crippen molar-refractivity contribution in [3.8, 4) is 11.4 Å². The van der Waals surface area contributed by atoms with E-state index in [1.807, 2.05) is 61.2 Å². The van der Waals surface area contributed by atoms with Crippen LogP contribution in [0.1, 0.15) is 12.6 Å². The van der Waals surface area contributed by atoms with Gasteiger partial charge in [-0.1, -0.05) is 42.1 Å². The number of hydrogen-bond donors (Lipinski definition) is 1. The van der Waals surface area contributed by atoms with Crippen LogP contribution in [0.5, 0.6) is 0 Å². The summed E-state index contributed by atoms with van der Waals surface area (Å²) in [5, 5.41) is 14.2. The summed E-state index contributed by atoms with van der Waals surface area (Å²) in [5.74, 6) is 0.680. The van der Waals surface area contributed by atoms with Crippen LogP contribution in [0, 0.1) is 6.92 Å². The fraction of sp³-hybridized carbons (Fsp3) is 0.250. The summed E-state index contributed by atoms with van der Waals surface area (Å²) in [6.07, 6.45) is 0. The Kier molecular flexibility index (Phi) is 4.96. The van der Waals surface area contributed by atoms with Gasteiger partial charge in [-0.05, 0) is 13.8 Å². The molecule has 0 unspecified atom stereocenters. The maximum atomic E-state index is 12.3. The summed E-state index contributed by atoms with van der Waals surface area (Å²) >= 11 is 2.79. The van der Waals surface area contributed by atoms with E-state index in [1.54, 1.807) is 0 Å². The molecule has 0 aliphatic rings. The number of carbonyl (C=O) groups is 1. The molecule has 1 amide bonds. The first-order chi connectivity index (χ1) is 11.5. The van der Waals surface area contributed by atoms with E-state index in [4.69, 9.17) is 0 Å². The van der Waals surface area contributed by atoms with Gasteiger partial charge < -0.3 is 9.88 Å². The zero-order valence-electron chi connectivity index (χ0n) is 13.6. The summed E-state index contributed by atoms with van der Waals surface area (Å²) in [4.78, 5) is 16.5. The first kappa shape index (κ1) is 16.7. The molecule has 3 aromatic rings. The number of anilines is 1. The molecule has 1 atom stereocenters. The molecular formula is C16H17N5OS2. The van der Waals surface area contributed by atoms with Crippen LogP contribution in [0.4, 0.5) is 5.13 Å². The van der Waals surface area contributed by atoms with Gasteiger partial charge in [-0.3, -0.25) is 4.79 Å². The first-order valence-corrected chi connectivity index (χ1v) is 9.15. The van der Waals surface area contributed by atoms with Crippen molar-refractivity contribution in [1.82, 2.24) is 19.7 Å². The first-order valence-electron chi connectivity index (χ1n) is 7.39. The number of benzene rings is 1. The number of aryl methyl sites for hydroxylation is 1. The van der Waals surface area contributed by atoms with E-state index in [9.17, 15) is 4.79 Å². The Morgan fingerprint density at radius 2 is 2.04 bits per heavy atom. The molecule has 124 valence electrons. The molecule has 0 spiro atoms. The van der Waals surface area contributed by atoms with Crippen molar-refractivity contribution in [2.75, 3.05) is 5.32 Å². The van der Waals surface area contributed by atoms with E-state index >= 15 is 0 Å². The summed E-state index contributed by atoms with van der Waals surface area (Å²) in [7, 11) is 1.90. The van der Waals surface area contributed by atoms with Crippen LogP contribution in [0.25, 0.3) is 11.4 Å². The number of aromatic nitrogens is 4. The molecule has 0 saturated carbocycles. The number of thioether (sulfide) groups is 1. The molecule has 0 aliphatic heterocycles. The topological polar surface area (TPSA) is 72.7 Å². The molecule has 8 heteroatoms. The van der Waals surface area contributed by atoms with E-state index in [1.165, 1.54) is 23.1 Å². The van der Waals surface area contributed by atoms with Gasteiger partial charge in [0.05, 0.1) is 10.9 Å². The average molecular weight is 359 g/mol. The van der Waals surface area contributed by atoms with Crippen LogP contribution in [-0.2, 0) is 11.8 Å². The Morgan fingerprint density at radius 3 is 2.71 bits per heavy atom. The van der Waals surface area contributed by atoms with Crippen molar-refractivity contribution in [2.24, 2.45) is 7.05 Å². The fourth-order valence-corrected chi connectivity index (χ4v) is 3.59.